The van der Waals surface area contributed by atoms with E-state index in [9.17, 15) is 4.79 Å². The first-order chi connectivity index (χ1) is 8.93. The lowest BCUT2D eigenvalue weighted by Gasteiger charge is -2.18. The Labute approximate surface area is 124 Å². The minimum Gasteiger partial charge on any atom is -0.481 e. The molecule has 0 aliphatic heterocycles. The van der Waals surface area contributed by atoms with Gasteiger partial charge in [0.25, 0.3) is 0 Å². The molecular weight excluding hydrogens is 280 g/mol. The third kappa shape index (κ3) is 5.87. The van der Waals surface area contributed by atoms with Gasteiger partial charge in [-0.15, -0.1) is 0 Å². The van der Waals surface area contributed by atoms with Crippen molar-refractivity contribution in [2.75, 3.05) is 5.75 Å². The lowest BCUT2D eigenvalue weighted by molar-refractivity contribution is -0.147. The van der Waals surface area contributed by atoms with Crippen LogP contribution in [0.4, 0.5) is 0 Å². The highest BCUT2D eigenvalue weighted by atomic mass is 35.5. The zero-order valence-electron chi connectivity index (χ0n) is 11.5. The number of aliphatic carboxylic acids is 1. The number of halogens is 1. The molecule has 0 radical (unpaired) electrons. The molecule has 1 aromatic carbocycles. The van der Waals surface area contributed by atoms with Gasteiger partial charge in [-0.1, -0.05) is 36.2 Å². The minimum absolute atomic E-state index is 0.604. The normalized spacial score (nSPS) is 11.5. The van der Waals surface area contributed by atoms with Gasteiger partial charge >= 0.3 is 5.97 Å². The van der Waals surface area contributed by atoms with Gasteiger partial charge in [0, 0.05) is 10.8 Å². The number of benzene rings is 1. The molecule has 0 atom stereocenters. The number of thioether (sulfide) groups is 1. The first-order valence-corrected chi connectivity index (χ1v) is 8.01. The van der Waals surface area contributed by atoms with Gasteiger partial charge in [-0.25, -0.2) is 0 Å². The molecule has 0 aliphatic carbocycles. The van der Waals surface area contributed by atoms with Crippen molar-refractivity contribution in [3.8, 4) is 0 Å². The Morgan fingerprint density at radius 1 is 1.32 bits per heavy atom. The maximum absolute atomic E-state index is 10.9. The number of carboxylic acids is 1. The Morgan fingerprint density at radius 3 is 2.63 bits per heavy atom. The van der Waals surface area contributed by atoms with Crippen LogP contribution >= 0.6 is 23.4 Å². The van der Waals surface area contributed by atoms with Gasteiger partial charge in [0.1, 0.15) is 0 Å². The van der Waals surface area contributed by atoms with E-state index >= 15 is 0 Å². The largest absolute Gasteiger partial charge is 0.481 e. The Balaban J connectivity index is 2.16. The topological polar surface area (TPSA) is 37.3 Å². The van der Waals surface area contributed by atoms with Crippen LogP contribution in [-0.4, -0.2) is 16.8 Å². The zero-order chi connectivity index (χ0) is 14.3. The summed E-state index contributed by atoms with van der Waals surface area (Å²) >= 11 is 7.93. The average Bonchev–Trinajstić information content (AvgIpc) is 2.35. The molecule has 0 amide bonds. The predicted molar refractivity (Wildman–Crippen MR) is 82.9 cm³/mol. The van der Waals surface area contributed by atoms with Crippen molar-refractivity contribution in [2.45, 2.75) is 38.9 Å². The summed E-state index contributed by atoms with van der Waals surface area (Å²) in [6.07, 6.45) is 2.73. The lowest BCUT2D eigenvalue weighted by atomic mass is 9.88. The van der Waals surface area contributed by atoms with Crippen LogP contribution in [0.25, 0.3) is 0 Å². The molecule has 1 aromatic rings. The first-order valence-electron chi connectivity index (χ1n) is 6.48. The zero-order valence-corrected chi connectivity index (χ0v) is 13.1. The number of carboxylic acid groups (broad SMARTS) is 1. The van der Waals surface area contributed by atoms with E-state index in [0.29, 0.717) is 0 Å². The second-order valence-electron chi connectivity index (χ2n) is 5.29. The molecule has 0 saturated heterocycles. The van der Waals surface area contributed by atoms with Crippen molar-refractivity contribution >= 4 is 29.3 Å². The molecule has 1 rings (SSSR count). The van der Waals surface area contributed by atoms with E-state index in [0.717, 1.165) is 35.8 Å². The quantitative estimate of drug-likeness (QED) is 0.697. The summed E-state index contributed by atoms with van der Waals surface area (Å²) in [5, 5.41) is 9.82. The van der Waals surface area contributed by atoms with E-state index in [1.54, 1.807) is 13.8 Å². The Kier molecular flexibility index (Phi) is 6.73. The Bertz CT molecular complexity index is 418. The minimum atomic E-state index is -0.712. The van der Waals surface area contributed by atoms with Gasteiger partial charge in [0.05, 0.1) is 5.41 Å². The van der Waals surface area contributed by atoms with Crippen LogP contribution in [-0.2, 0) is 10.5 Å². The molecule has 0 bridgehead atoms. The van der Waals surface area contributed by atoms with Crippen molar-refractivity contribution in [3.63, 3.8) is 0 Å². The fourth-order valence-corrected chi connectivity index (χ4v) is 2.98. The predicted octanol–water partition coefficient (Wildman–Crippen LogP) is 4.85. The fourth-order valence-electron chi connectivity index (χ4n) is 1.68. The summed E-state index contributed by atoms with van der Waals surface area (Å²) in [6.45, 7) is 3.57. The molecule has 0 fully saturated rings. The van der Waals surface area contributed by atoms with Gasteiger partial charge in [-0.3, -0.25) is 4.79 Å². The highest BCUT2D eigenvalue weighted by Crippen LogP contribution is 2.25. The van der Waals surface area contributed by atoms with Crippen molar-refractivity contribution < 1.29 is 9.90 Å². The number of rotatable bonds is 8. The van der Waals surface area contributed by atoms with E-state index in [4.69, 9.17) is 16.7 Å². The molecule has 0 aromatic heterocycles. The summed E-state index contributed by atoms with van der Waals surface area (Å²) in [4.78, 5) is 10.9. The number of hydrogen-bond acceptors (Lipinski definition) is 2. The maximum atomic E-state index is 10.9. The van der Waals surface area contributed by atoms with E-state index in [2.05, 4.69) is 0 Å². The maximum Gasteiger partial charge on any atom is 0.309 e. The second kappa shape index (κ2) is 7.81. The van der Waals surface area contributed by atoms with Crippen molar-refractivity contribution in [1.82, 2.24) is 0 Å². The summed E-state index contributed by atoms with van der Waals surface area (Å²) < 4.78 is 0. The monoisotopic (exact) mass is 300 g/mol. The van der Waals surface area contributed by atoms with Crippen LogP contribution in [0.5, 0.6) is 0 Å². The van der Waals surface area contributed by atoms with Crippen LogP contribution in [0.1, 0.15) is 38.7 Å². The molecule has 0 heterocycles. The van der Waals surface area contributed by atoms with E-state index in [-0.39, 0.29) is 0 Å². The standard InChI is InChI=1S/C15H21ClO2S/c1-15(2,14(17)18)9-5-6-10-19-11-12-7-3-4-8-13(12)16/h3-4,7-8H,5-6,9-11H2,1-2H3,(H,17,18). The molecule has 0 saturated carbocycles. The molecular formula is C15H21ClO2S. The number of hydrogen-bond donors (Lipinski definition) is 1. The molecule has 0 spiro atoms. The van der Waals surface area contributed by atoms with E-state index in [1.807, 2.05) is 36.0 Å². The van der Waals surface area contributed by atoms with E-state index in [1.165, 1.54) is 5.56 Å². The summed E-state index contributed by atoms with van der Waals surface area (Å²) in [7, 11) is 0. The van der Waals surface area contributed by atoms with Crippen LogP contribution in [0.3, 0.4) is 0 Å². The van der Waals surface area contributed by atoms with E-state index < -0.39 is 11.4 Å². The Morgan fingerprint density at radius 2 is 2.00 bits per heavy atom. The number of carbonyl (C=O) groups is 1. The van der Waals surface area contributed by atoms with Crippen molar-refractivity contribution in [1.29, 1.82) is 0 Å². The second-order valence-corrected chi connectivity index (χ2v) is 6.80. The number of unbranched alkanes of at least 4 members (excludes halogenated alkanes) is 1. The van der Waals surface area contributed by atoms with Crippen molar-refractivity contribution in [2.24, 2.45) is 5.41 Å². The van der Waals surface area contributed by atoms with Crippen LogP contribution in [0, 0.1) is 5.41 Å². The van der Waals surface area contributed by atoms with Gasteiger partial charge in [-0.05, 0) is 44.1 Å². The van der Waals surface area contributed by atoms with Crippen LogP contribution in [0.2, 0.25) is 5.02 Å². The molecule has 2 nitrogen and oxygen atoms in total. The highest BCUT2D eigenvalue weighted by Gasteiger charge is 2.25. The molecule has 19 heavy (non-hydrogen) atoms. The highest BCUT2D eigenvalue weighted by molar-refractivity contribution is 7.98. The fraction of sp³-hybridized carbons (Fsp3) is 0.533. The SMILES string of the molecule is CC(C)(CCCCSCc1ccccc1Cl)C(=O)O. The van der Waals surface area contributed by atoms with Gasteiger partial charge in [0.15, 0.2) is 0 Å². The first kappa shape index (κ1) is 16.4. The molecule has 106 valence electrons. The smallest absolute Gasteiger partial charge is 0.309 e. The lowest BCUT2D eigenvalue weighted by Crippen LogP contribution is -2.23. The summed E-state index contributed by atoms with van der Waals surface area (Å²) in [5.74, 6) is 1.25. The summed E-state index contributed by atoms with van der Waals surface area (Å²) in [5.41, 5.74) is 0.563. The molecule has 1 N–H and O–H groups in total. The average molecular weight is 301 g/mol. The third-order valence-corrected chi connectivity index (χ3v) is 4.60. The van der Waals surface area contributed by atoms with Crippen LogP contribution in [0.15, 0.2) is 24.3 Å². The Hall–Kier alpha value is -0.670. The third-order valence-electron chi connectivity index (χ3n) is 3.13. The van der Waals surface area contributed by atoms with Gasteiger partial charge < -0.3 is 5.11 Å². The van der Waals surface area contributed by atoms with Crippen LogP contribution < -0.4 is 0 Å². The molecule has 4 heteroatoms. The van der Waals surface area contributed by atoms with Gasteiger partial charge in [-0.2, -0.15) is 11.8 Å². The van der Waals surface area contributed by atoms with Gasteiger partial charge in [0.2, 0.25) is 0 Å². The summed E-state index contributed by atoms with van der Waals surface area (Å²) in [6, 6.07) is 7.89. The molecule has 0 unspecified atom stereocenters. The molecule has 0 aliphatic rings. The van der Waals surface area contributed by atoms with Crippen molar-refractivity contribution in [3.05, 3.63) is 34.9 Å².